The molecule has 2 rings (SSSR count). The molecule has 0 spiro atoms. The number of rotatable bonds is 2. The molecular formula is C9H7BClO2. The summed E-state index contributed by atoms with van der Waals surface area (Å²) >= 11 is 5.82. The van der Waals surface area contributed by atoms with Gasteiger partial charge in [-0.2, -0.15) is 0 Å². The summed E-state index contributed by atoms with van der Waals surface area (Å²) in [5.41, 5.74) is 2.23. The van der Waals surface area contributed by atoms with Crippen LogP contribution in [0, 0.1) is 0 Å². The zero-order valence-electron chi connectivity index (χ0n) is 6.83. The predicted molar refractivity (Wildman–Crippen MR) is 52.2 cm³/mol. The largest absolute Gasteiger partial charge is 0.569 e. The summed E-state index contributed by atoms with van der Waals surface area (Å²) in [5, 5.41) is 9.16. The van der Waals surface area contributed by atoms with Crippen LogP contribution >= 0.6 is 11.6 Å². The lowest BCUT2D eigenvalue weighted by molar-refractivity contribution is 0.367. The van der Waals surface area contributed by atoms with E-state index in [4.69, 9.17) is 21.3 Å². The average molecular weight is 193 g/mol. The van der Waals surface area contributed by atoms with Gasteiger partial charge in [0.2, 0.25) is 0 Å². The Labute approximate surface area is 82.1 Å². The van der Waals surface area contributed by atoms with Crippen molar-refractivity contribution in [2.24, 2.45) is 0 Å². The van der Waals surface area contributed by atoms with Gasteiger partial charge in [0.25, 0.3) is 0 Å². The van der Waals surface area contributed by atoms with Gasteiger partial charge in [-0.1, -0.05) is 17.7 Å². The Morgan fingerprint density at radius 3 is 3.08 bits per heavy atom. The van der Waals surface area contributed by atoms with Crippen molar-refractivity contribution in [3.63, 3.8) is 0 Å². The quantitative estimate of drug-likeness (QED) is 0.726. The highest BCUT2D eigenvalue weighted by Gasteiger charge is 2.13. The Kier molecular flexibility index (Phi) is 2.29. The summed E-state index contributed by atoms with van der Waals surface area (Å²) in [5.74, 6) is 0.736. The zero-order valence-corrected chi connectivity index (χ0v) is 7.58. The molecule has 0 unspecified atom stereocenters. The van der Waals surface area contributed by atoms with Crippen molar-refractivity contribution in [1.82, 2.24) is 0 Å². The maximum Gasteiger partial charge on any atom is 0.569 e. The van der Waals surface area contributed by atoms with E-state index < -0.39 is 0 Å². The molecular weight excluding hydrogens is 186 g/mol. The molecule has 0 aliphatic heterocycles. The molecule has 1 aliphatic carbocycles. The van der Waals surface area contributed by atoms with Crippen molar-refractivity contribution >= 4 is 25.4 Å². The van der Waals surface area contributed by atoms with Gasteiger partial charge in [0.05, 0.1) is 5.76 Å². The molecule has 0 aromatic heterocycles. The van der Waals surface area contributed by atoms with Crippen LogP contribution in [0.1, 0.15) is 11.1 Å². The Morgan fingerprint density at radius 2 is 2.31 bits per heavy atom. The Hall–Kier alpha value is -0.925. The van der Waals surface area contributed by atoms with Gasteiger partial charge in [0.1, 0.15) is 0 Å². The van der Waals surface area contributed by atoms with E-state index in [-0.39, 0.29) is 0 Å². The van der Waals surface area contributed by atoms with Crippen molar-refractivity contribution in [3.05, 3.63) is 40.1 Å². The number of halogens is 1. The third kappa shape index (κ3) is 1.71. The van der Waals surface area contributed by atoms with E-state index in [1.165, 1.54) is 5.56 Å². The second-order valence-corrected chi connectivity index (χ2v) is 3.29. The lowest BCUT2D eigenvalue weighted by Crippen LogP contribution is -1.96. The Balaban J connectivity index is 2.27. The topological polar surface area (TPSA) is 29.5 Å². The van der Waals surface area contributed by atoms with Crippen molar-refractivity contribution < 1.29 is 9.68 Å². The molecule has 0 heterocycles. The summed E-state index contributed by atoms with van der Waals surface area (Å²) in [6, 6.07) is 5.69. The maximum atomic E-state index is 8.45. The first kappa shape index (κ1) is 8.66. The summed E-state index contributed by atoms with van der Waals surface area (Å²) in [7, 11) is 0.694. The molecule has 1 aromatic rings. The first-order valence-corrected chi connectivity index (χ1v) is 4.29. The smallest absolute Gasteiger partial charge is 0.540 e. The van der Waals surface area contributed by atoms with Crippen LogP contribution in [-0.4, -0.2) is 12.7 Å². The van der Waals surface area contributed by atoms with E-state index in [9.17, 15) is 0 Å². The minimum atomic E-state index is 0.694. The second kappa shape index (κ2) is 3.44. The van der Waals surface area contributed by atoms with Gasteiger partial charge in [-0.3, -0.25) is 0 Å². The molecule has 0 bridgehead atoms. The van der Waals surface area contributed by atoms with Crippen LogP contribution in [0.3, 0.4) is 0 Å². The number of hydrogen-bond acceptors (Lipinski definition) is 2. The number of benzene rings is 1. The molecule has 0 amide bonds. The third-order valence-corrected chi connectivity index (χ3v) is 2.23. The number of fused-ring (bicyclic) bond motifs is 1. The standard InChI is InChI=1S/C9H7BClO2/c11-8-2-1-6-4-9(13-10-12)5-7(6)3-8/h1-3,5,12H,4H2. The fraction of sp³-hybridized carbons (Fsp3) is 0.111. The van der Waals surface area contributed by atoms with Gasteiger partial charge in [0, 0.05) is 11.4 Å². The van der Waals surface area contributed by atoms with E-state index in [2.05, 4.69) is 0 Å². The molecule has 0 saturated carbocycles. The average Bonchev–Trinajstić information content (AvgIpc) is 2.46. The van der Waals surface area contributed by atoms with Crippen LogP contribution in [0.2, 0.25) is 5.02 Å². The van der Waals surface area contributed by atoms with Gasteiger partial charge < -0.3 is 9.68 Å². The Morgan fingerprint density at radius 1 is 1.46 bits per heavy atom. The fourth-order valence-electron chi connectivity index (χ4n) is 1.42. The molecule has 0 atom stereocenters. The molecule has 2 nitrogen and oxygen atoms in total. The van der Waals surface area contributed by atoms with E-state index in [0.717, 1.165) is 11.3 Å². The van der Waals surface area contributed by atoms with Crippen LogP contribution < -0.4 is 0 Å². The molecule has 13 heavy (non-hydrogen) atoms. The van der Waals surface area contributed by atoms with Crippen molar-refractivity contribution in [1.29, 1.82) is 0 Å². The van der Waals surface area contributed by atoms with E-state index in [1.807, 2.05) is 24.3 Å². The minimum Gasteiger partial charge on any atom is -0.540 e. The van der Waals surface area contributed by atoms with Crippen molar-refractivity contribution in [3.8, 4) is 0 Å². The molecule has 4 heteroatoms. The monoisotopic (exact) mass is 193 g/mol. The zero-order chi connectivity index (χ0) is 9.26. The van der Waals surface area contributed by atoms with Crippen LogP contribution in [0.15, 0.2) is 24.0 Å². The molecule has 1 radical (unpaired) electrons. The highest BCUT2D eigenvalue weighted by molar-refractivity contribution is 6.30. The van der Waals surface area contributed by atoms with Gasteiger partial charge in [-0.05, 0) is 29.3 Å². The van der Waals surface area contributed by atoms with Gasteiger partial charge >= 0.3 is 7.69 Å². The SMILES string of the molecule is O[B]OC1=Cc2cc(Cl)ccc2C1. The summed E-state index contributed by atoms with van der Waals surface area (Å²) in [6.45, 7) is 0. The van der Waals surface area contributed by atoms with Crippen LogP contribution in [0.4, 0.5) is 0 Å². The van der Waals surface area contributed by atoms with Crippen molar-refractivity contribution in [2.45, 2.75) is 6.42 Å². The van der Waals surface area contributed by atoms with Crippen LogP contribution in [-0.2, 0) is 11.1 Å². The molecule has 0 saturated heterocycles. The first-order valence-electron chi connectivity index (χ1n) is 3.91. The minimum absolute atomic E-state index is 0.694. The van der Waals surface area contributed by atoms with Crippen LogP contribution in [0.5, 0.6) is 0 Å². The first-order chi connectivity index (χ1) is 6.29. The fourth-order valence-corrected chi connectivity index (χ4v) is 1.60. The lowest BCUT2D eigenvalue weighted by Gasteiger charge is -2.00. The van der Waals surface area contributed by atoms with E-state index in [1.54, 1.807) is 0 Å². The molecule has 1 aromatic carbocycles. The van der Waals surface area contributed by atoms with E-state index in [0.29, 0.717) is 19.1 Å². The second-order valence-electron chi connectivity index (χ2n) is 2.85. The Bertz CT molecular complexity index is 363. The normalized spacial score (nSPS) is 13.5. The van der Waals surface area contributed by atoms with Gasteiger partial charge in [-0.25, -0.2) is 0 Å². The third-order valence-electron chi connectivity index (χ3n) is 1.99. The summed E-state index contributed by atoms with van der Waals surface area (Å²) in [4.78, 5) is 0. The maximum absolute atomic E-state index is 8.45. The molecule has 65 valence electrons. The highest BCUT2D eigenvalue weighted by Crippen LogP contribution is 2.27. The predicted octanol–water partition coefficient (Wildman–Crippen LogP) is 1.78. The highest BCUT2D eigenvalue weighted by atomic mass is 35.5. The van der Waals surface area contributed by atoms with E-state index >= 15 is 0 Å². The molecule has 0 fully saturated rings. The van der Waals surface area contributed by atoms with Gasteiger partial charge in [0.15, 0.2) is 0 Å². The molecule has 1 aliphatic rings. The van der Waals surface area contributed by atoms with Crippen LogP contribution in [0.25, 0.3) is 6.08 Å². The number of allylic oxidation sites excluding steroid dienone is 1. The summed E-state index contributed by atoms with van der Waals surface area (Å²) in [6.07, 6.45) is 2.58. The molecule has 1 N–H and O–H groups in total. The van der Waals surface area contributed by atoms with Crippen molar-refractivity contribution in [2.75, 3.05) is 0 Å². The number of hydrogen-bond donors (Lipinski definition) is 1. The lowest BCUT2D eigenvalue weighted by atomic mass is 10.1. The summed E-state index contributed by atoms with van der Waals surface area (Å²) < 4.78 is 4.87. The van der Waals surface area contributed by atoms with Gasteiger partial charge in [-0.15, -0.1) is 0 Å².